The van der Waals surface area contributed by atoms with Gasteiger partial charge in [-0.3, -0.25) is 4.99 Å². The Morgan fingerprint density at radius 2 is 2.08 bits per heavy atom. The lowest BCUT2D eigenvalue weighted by molar-refractivity contribution is 0.577. The molecule has 1 rings (SSSR count). The highest BCUT2D eigenvalue weighted by molar-refractivity contribution is 7.28. The molecule has 0 aliphatic carbocycles. The predicted octanol–water partition coefficient (Wildman–Crippen LogP) is 0.678. The van der Waals surface area contributed by atoms with Gasteiger partial charge in [0.1, 0.15) is 0 Å². The molecule has 6 heteroatoms. The number of rotatable bonds is 1. The lowest BCUT2D eigenvalue weighted by Crippen LogP contribution is -2.18. The number of nitrogens with one attached hydrogen (secondary N) is 1. The standard InChI is InChI=1S/C7H14N4OP/c1-8-6-5-7(9-2)11(4)13(12)10(6)3/h5,8H,1-4H3/q+1. The van der Waals surface area contributed by atoms with Crippen molar-refractivity contribution in [3.63, 3.8) is 0 Å². The highest BCUT2D eigenvalue weighted by Crippen LogP contribution is 2.13. The van der Waals surface area contributed by atoms with E-state index in [0.717, 1.165) is 11.3 Å². The average molecular weight is 201 g/mol. The van der Waals surface area contributed by atoms with Gasteiger partial charge < -0.3 is 5.32 Å². The van der Waals surface area contributed by atoms with E-state index in [0.29, 0.717) is 0 Å². The maximum atomic E-state index is 11.7. The van der Waals surface area contributed by atoms with E-state index in [2.05, 4.69) is 10.3 Å². The molecule has 1 aromatic heterocycles. The maximum Gasteiger partial charge on any atom is 0.598 e. The summed E-state index contributed by atoms with van der Waals surface area (Å²) in [4.78, 5) is 4.03. The van der Waals surface area contributed by atoms with Crippen molar-refractivity contribution in [3.05, 3.63) is 11.6 Å². The minimum absolute atomic E-state index is 0.726. The van der Waals surface area contributed by atoms with Gasteiger partial charge in [-0.15, -0.1) is 8.66 Å². The molecule has 1 N–H and O–H groups in total. The summed E-state index contributed by atoms with van der Waals surface area (Å²) in [6, 6.07) is 1.86. The van der Waals surface area contributed by atoms with E-state index < -0.39 is 7.73 Å². The van der Waals surface area contributed by atoms with Gasteiger partial charge in [-0.2, -0.15) is 0 Å². The van der Waals surface area contributed by atoms with Crippen LogP contribution in [0.5, 0.6) is 0 Å². The molecule has 0 bridgehead atoms. The van der Waals surface area contributed by atoms with Crippen molar-refractivity contribution in [2.45, 2.75) is 0 Å². The van der Waals surface area contributed by atoms with E-state index in [-0.39, 0.29) is 0 Å². The molecular formula is C7H14N4OP+. The summed E-state index contributed by atoms with van der Waals surface area (Å²) in [5.74, 6) is 0.819. The Kier molecular flexibility index (Phi) is 2.88. The normalized spacial score (nSPS) is 13.2. The van der Waals surface area contributed by atoms with Gasteiger partial charge in [0.2, 0.25) is 0 Å². The number of anilines is 1. The zero-order chi connectivity index (χ0) is 10.0. The molecule has 72 valence electrons. The van der Waals surface area contributed by atoms with E-state index in [4.69, 9.17) is 0 Å². The van der Waals surface area contributed by atoms with Crippen LogP contribution in [0.2, 0.25) is 0 Å². The van der Waals surface area contributed by atoms with Gasteiger partial charge in [-0.1, -0.05) is 0 Å². The van der Waals surface area contributed by atoms with E-state index in [1.807, 2.05) is 6.07 Å². The van der Waals surface area contributed by atoms with Gasteiger partial charge in [0.05, 0.1) is 14.1 Å². The Hall–Kier alpha value is -1.09. The van der Waals surface area contributed by atoms with Crippen molar-refractivity contribution in [2.24, 2.45) is 19.1 Å². The minimum Gasteiger partial charge on any atom is -0.372 e. The molecule has 0 fully saturated rings. The van der Waals surface area contributed by atoms with Crippen LogP contribution in [0.4, 0.5) is 5.82 Å². The first-order valence-electron chi connectivity index (χ1n) is 3.92. The molecule has 0 radical (unpaired) electrons. The highest BCUT2D eigenvalue weighted by atomic mass is 31.1. The lowest BCUT2D eigenvalue weighted by Gasteiger charge is -2.00. The third kappa shape index (κ3) is 1.65. The molecule has 0 saturated heterocycles. The molecule has 1 unspecified atom stereocenters. The molecular weight excluding hydrogens is 187 g/mol. The lowest BCUT2D eigenvalue weighted by atomic mass is 10.6. The highest BCUT2D eigenvalue weighted by Gasteiger charge is 2.12. The van der Waals surface area contributed by atoms with Crippen molar-refractivity contribution in [1.82, 2.24) is 8.66 Å². The summed E-state index contributed by atoms with van der Waals surface area (Å²) in [6.07, 6.45) is 0. The molecule has 0 spiro atoms. The molecule has 0 aliphatic rings. The van der Waals surface area contributed by atoms with Crippen LogP contribution in [-0.4, -0.2) is 22.8 Å². The molecule has 0 aliphatic heterocycles. The second kappa shape index (κ2) is 3.75. The molecule has 5 nitrogen and oxygen atoms in total. The van der Waals surface area contributed by atoms with Crippen molar-refractivity contribution < 1.29 is 4.57 Å². The SMILES string of the molecule is CN=c1cc(NC)n(C)[p+](=O)n1C. The second-order valence-electron chi connectivity index (χ2n) is 2.66. The van der Waals surface area contributed by atoms with E-state index in [9.17, 15) is 4.57 Å². The van der Waals surface area contributed by atoms with E-state index in [1.54, 1.807) is 36.8 Å². The summed E-state index contributed by atoms with van der Waals surface area (Å²) in [5.41, 5.74) is 0.726. The third-order valence-electron chi connectivity index (χ3n) is 1.94. The van der Waals surface area contributed by atoms with Crippen LogP contribution in [0.25, 0.3) is 0 Å². The summed E-state index contributed by atoms with van der Waals surface area (Å²) in [7, 11) is 5.48. The van der Waals surface area contributed by atoms with Crippen LogP contribution in [0, 0.1) is 0 Å². The van der Waals surface area contributed by atoms with Gasteiger partial charge in [-0.25, -0.2) is 0 Å². The number of aromatic nitrogens is 2. The van der Waals surface area contributed by atoms with Gasteiger partial charge in [0.15, 0.2) is 11.3 Å². The summed E-state index contributed by atoms with van der Waals surface area (Å²) in [6.45, 7) is 0. The molecule has 0 aromatic carbocycles. The zero-order valence-electron chi connectivity index (χ0n) is 8.27. The summed E-state index contributed by atoms with van der Waals surface area (Å²) < 4.78 is 15.0. The molecule has 0 saturated carbocycles. The first-order chi connectivity index (χ1) is 6.11. The van der Waals surface area contributed by atoms with Crippen molar-refractivity contribution in [3.8, 4) is 0 Å². The Bertz CT molecular complexity index is 431. The number of hydrogen-bond acceptors (Lipinski definition) is 3. The smallest absolute Gasteiger partial charge is 0.372 e. The van der Waals surface area contributed by atoms with Crippen molar-refractivity contribution in [2.75, 3.05) is 19.4 Å². The van der Waals surface area contributed by atoms with Crippen LogP contribution >= 0.6 is 7.73 Å². The van der Waals surface area contributed by atoms with Crippen LogP contribution in [0.15, 0.2) is 11.1 Å². The van der Waals surface area contributed by atoms with Gasteiger partial charge in [-0.05, 0) is 4.57 Å². The van der Waals surface area contributed by atoms with Crippen LogP contribution in [0.1, 0.15) is 0 Å². The molecule has 1 atom stereocenters. The van der Waals surface area contributed by atoms with Crippen molar-refractivity contribution in [1.29, 1.82) is 0 Å². The van der Waals surface area contributed by atoms with Gasteiger partial charge >= 0.3 is 7.73 Å². The monoisotopic (exact) mass is 201 g/mol. The topological polar surface area (TPSA) is 51.3 Å². The largest absolute Gasteiger partial charge is 0.598 e. The Morgan fingerprint density at radius 1 is 1.46 bits per heavy atom. The van der Waals surface area contributed by atoms with Crippen molar-refractivity contribution >= 4 is 13.5 Å². The summed E-state index contributed by atoms with van der Waals surface area (Å²) >= 11 is 0. The van der Waals surface area contributed by atoms with Crippen LogP contribution in [-0.2, 0) is 18.7 Å². The fourth-order valence-electron chi connectivity index (χ4n) is 1.13. The number of nitrogens with zero attached hydrogens (tertiary/aromatic N) is 3. The minimum atomic E-state index is -1.55. The summed E-state index contributed by atoms with van der Waals surface area (Å²) in [5, 5.41) is 2.96. The van der Waals surface area contributed by atoms with E-state index in [1.165, 1.54) is 0 Å². The Balaban J connectivity index is 3.66. The fraction of sp³-hybridized carbons (Fsp3) is 0.571. The number of hydrogen-bond donors (Lipinski definition) is 1. The predicted molar refractivity (Wildman–Crippen MR) is 53.0 cm³/mol. The Morgan fingerprint density at radius 3 is 2.54 bits per heavy atom. The fourth-order valence-corrected chi connectivity index (χ4v) is 2.20. The second-order valence-corrected chi connectivity index (χ2v) is 4.37. The first-order valence-corrected chi connectivity index (χ1v) is 5.09. The first kappa shape index (κ1) is 9.99. The molecule has 0 amide bonds. The third-order valence-corrected chi connectivity index (χ3v) is 3.39. The quantitative estimate of drug-likeness (QED) is 0.726. The maximum absolute atomic E-state index is 11.7. The molecule has 13 heavy (non-hydrogen) atoms. The molecule has 1 aromatic rings. The van der Waals surface area contributed by atoms with E-state index >= 15 is 0 Å². The zero-order valence-corrected chi connectivity index (χ0v) is 9.17. The van der Waals surface area contributed by atoms with Gasteiger partial charge in [0, 0.05) is 20.2 Å². The molecule has 1 heterocycles. The van der Waals surface area contributed by atoms with Gasteiger partial charge in [0.25, 0.3) is 0 Å². The Labute approximate surface area is 77.6 Å². The average Bonchev–Trinajstić information content (AvgIpc) is 2.15. The van der Waals surface area contributed by atoms with Crippen LogP contribution in [0.3, 0.4) is 0 Å². The van der Waals surface area contributed by atoms with Crippen LogP contribution < -0.4 is 10.8 Å².